The van der Waals surface area contributed by atoms with Gasteiger partial charge in [0.15, 0.2) is 0 Å². The number of hydrogen-bond acceptors (Lipinski definition) is 4. The molecule has 0 bridgehead atoms. The normalized spacial score (nSPS) is 11.0. The van der Waals surface area contributed by atoms with Gasteiger partial charge in [0.1, 0.15) is 10.8 Å². The third-order valence-corrected chi connectivity index (χ3v) is 6.63. The number of anilines is 1. The Kier molecular flexibility index (Phi) is 5.18. The average Bonchev–Trinajstić information content (AvgIpc) is 3.23. The zero-order chi connectivity index (χ0) is 21.4. The van der Waals surface area contributed by atoms with Crippen LogP contribution in [-0.4, -0.2) is 18.0 Å². The second-order valence-electron chi connectivity index (χ2n) is 7.03. The minimum Gasteiger partial charge on any atom is -0.496 e. The van der Waals surface area contributed by atoms with Crippen LogP contribution in [0.5, 0.6) is 5.75 Å². The number of halogens is 1. The van der Waals surface area contributed by atoms with Crippen molar-refractivity contribution in [2.75, 3.05) is 12.4 Å². The minimum atomic E-state index is -0.229. The van der Waals surface area contributed by atoms with Gasteiger partial charge in [-0.05, 0) is 53.2 Å². The zero-order valence-corrected chi connectivity index (χ0v) is 19.0. The van der Waals surface area contributed by atoms with E-state index >= 15 is 0 Å². The summed E-state index contributed by atoms with van der Waals surface area (Å²) in [4.78, 5) is 18.0. The number of fused-ring (bicyclic) bond motifs is 2. The Balaban J connectivity index is 1.56. The summed E-state index contributed by atoms with van der Waals surface area (Å²) in [5.41, 5.74) is 2.99. The van der Waals surface area contributed by atoms with Gasteiger partial charge in [-0.15, -0.1) is 11.3 Å². The Bertz CT molecular complexity index is 1410. The molecule has 0 aliphatic heterocycles. The predicted molar refractivity (Wildman–Crippen MR) is 131 cm³/mol. The molecule has 1 amide bonds. The molecule has 0 spiro atoms. The monoisotopic (exact) mass is 488 g/mol. The number of carbonyl (C=O) groups is 1. The fourth-order valence-electron chi connectivity index (χ4n) is 3.55. The van der Waals surface area contributed by atoms with E-state index in [4.69, 9.17) is 9.72 Å². The molecule has 0 atom stereocenters. The molecule has 0 saturated heterocycles. The molecule has 1 heterocycles. The first-order valence-corrected chi connectivity index (χ1v) is 11.3. The zero-order valence-electron chi connectivity index (χ0n) is 16.6. The van der Waals surface area contributed by atoms with Gasteiger partial charge in [-0.1, -0.05) is 52.3 Å². The second kappa shape index (κ2) is 8.13. The van der Waals surface area contributed by atoms with Crippen LogP contribution >= 0.6 is 27.3 Å². The number of carbonyl (C=O) groups excluding carboxylic acids is 1. The third kappa shape index (κ3) is 3.80. The molecular formula is C25H17BrN2O2S. The van der Waals surface area contributed by atoms with Crippen LogP contribution in [0.3, 0.4) is 0 Å². The van der Waals surface area contributed by atoms with E-state index in [1.807, 2.05) is 78.9 Å². The number of rotatable bonds is 4. The van der Waals surface area contributed by atoms with Gasteiger partial charge in [-0.2, -0.15) is 0 Å². The summed E-state index contributed by atoms with van der Waals surface area (Å²) in [6, 6.07) is 25.4. The number of nitrogens with zero attached hydrogens (tertiary/aromatic N) is 1. The van der Waals surface area contributed by atoms with E-state index in [0.29, 0.717) is 17.0 Å². The first-order chi connectivity index (χ1) is 15.1. The maximum atomic E-state index is 13.3. The van der Waals surface area contributed by atoms with Gasteiger partial charge in [0, 0.05) is 10.0 Å². The summed E-state index contributed by atoms with van der Waals surface area (Å²) in [5, 5.41) is 5.92. The molecule has 5 rings (SSSR count). The largest absolute Gasteiger partial charge is 0.496 e. The third-order valence-electron chi connectivity index (χ3n) is 5.07. The van der Waals surface area contributed by atoms with Gasteiger partial charge >= 0.3 is 0 Å². The summed E-state index contributed by atoms with van der Waals surface area (Å²) in [6.07, 6.45) is 0. The number of thiazole rings is 1. The number of hydrogen-bond donors (Lipinski definition) is 1. The molecular weight excluding hydrogens is 472 g/mol. The standard InChI is InChI=1S/C25H17BrN2O2S/c1-30-22-13-16-7-3-2-6-15(16)12-19(22)24(29)27-20-11-10-17(26)14-18(20)25-28-21-8-4-5-9-23(21)31-25/h2-14H,1H3,(H,27,29). The van der Waals surface area contributed by atoms with Crippen LogP contribution in [0.25, 0.3) is 31.6 Å². The van der Waals surface area contributed by atoms with Crippen molar-refractivity contribution in [3.05, 3.63) is 88.9 Å². The molecule has 0 unspecified atom stereocenters. The molecule has 0 radical (unpaired) electrons. The Morgan fingerprint density at radius 3 is 2.48 bits per heavy atom. The Hall–Kier alpha value is -3.22. The molecule has 5 aromatic rings. The summed E-state index contributed by atoms with van der Waals surface area (Å²) in [7, 11) is 1.58. The first-order valence-electron chi connectivity index (χ1n) is 9.66. The van der Waals surface area contributed by atoms with Crippen molar-refractivity contribution < 1.29 is 9.53 Å². The lowest BCUT2D eigenvalue weighted by atomic mass is 10.0. The smallest absolute Gasteiger partial charge is 0.259 e. The molecule has 0 fully saturated rings. The maximum Gasteiger partial charge on any atom is 0.259 e. The average molecular weight is 489 g/mol. The quantitative estimate of drug-likeness (QED) is 0.292. The summed E-state index contributed by atoms with van der Waals surface area (Å²) < 4.78 is 7.53. The van der Waals surface area contributed by atoms with Crippen LogP contribution in [-0.2, 0) is 0 Å². The Labute approximate surface area is 191 Å². The molecule has 1 aromatic heterocycles. The number of aromatic nitrogens is 1. The molecule has 4 aromatic carbocycles. The fourth-order valence-corrected chi connectivity index (χ4v) is 4.90. The van der Waals surface area contributed by atoms with Gasteiger partial charge in [-0.25, -0.2) is 4.98 Å². The molecule has 0 saturated carbocycles. The van der Waals surface area contributed by atoms with Crippen molar-refractivity contribution in [3.63, 3.8) is 0 Å². The Morgan fingerprint density at radius 2 is 1.71 bits per heavy atom. The van der Waals surface area contributed by atoms with Crippen LogP contribution in [0.15, 0.2) is 83.3 Å². The number of para-hydroxylation sites is 1. The molecule has 6 heteroatoms. The first kappa shape index (κ1) is 19.7. The molecule has 4 nitrogen and oxygen atoms in total. The van der Waals surface area contributed by atoms with Gasteiger partial charge in [0.25, 0.3) is 5.91 Å². The van der Waals surface area contributed by atoms with E-state index in [9.17, 15) is 4.79 Å². The van der Waals surface area contributed by atoms with Crippen LogP contribution in [0.1, 0.15) is 10.4 Å². The molecule has 1 N–H and O–H groups in total. The SMILES string of the molecule is COc1cc2ccccc2cc1C(=O)Nc1ccc(Br)cc1-c1nc2ccccc2s1. The lowest BCUT2D eigenvalue weighted by molar-refractivity contribution is 0.102. The van der Waals surface area contributed by atoms with Crippen molar-refractivity contribution >= 4 is 59.9 Å². The molecule has 31 heavy (non-hydrogen) atoms. The van der Waals surface area contributed by atoms with E-state index in [2.05, 4.69) is 21.2 Å². The van der Waals surface area contributed by atoms with E-state index < -0.39 is 0 Å². The van der Waals surface area contributed by atoms with Crippen LogP contribution in [0, 0.1) is 0 Å². The number of benzene rings is 4. The Morgan fingerprint density at radius 1 is 0.968 bits per heavy atom. The highest BCUT2D eigenvalue weighted by Crippen LogP contribution is 2.37. The van der Waals surface area contributed by atoms with Gasteiger partial charge in [-0.3, -0.25) is 4.79 Å². The minimum absolute atomic E-state index is 0.229. The van der Waals surface area contributed by atoms with Crippen molar-refractivity contribution in [1.29, 1.82) is 0 Å². The maximum absolute atomic E-state index is 13.3. The number of amides is 1. The number of methoxy groups -OCH3 is 1. The number of nitrogens with one attached hydrogen (secondary N) is 1. The molecule has 152 valence electrons. The van der Waals surface area contributed by atoms with E-state index in [1.165, 1.54) is 0 Å². The van der Waals surface area contributed by atoms with Gasteiger partial charge < -0.3 is 10.1 Å². The van der Waals surface area contributed by atoms with Crippen molar-refractivity contribution in [2.45, 2.75) is 0 Å². The van der Waals surface area contributed by atoms with Gasteiger partial charge in [0.2, 0.25) is 0 Å². The lowest BCUT2D eigenvalue weighted by Gasteiger charge is -2.13. The summed E-state index contributed by atoms with van der Waals surface area (Å²) in [6.45, 7) is 0. The van der Waals surface area contributed by atoms with Crippen molar-refractivity contribution in [3.8, 4) is 16.3 Å². The number of ether oxygens (including phenoxy) is 1. The van der Waals surface area contributed by atoms with Crippen molar-refractivity contribution in [1.82, 2.24) is 4.98 Å². The van der Waals surface area contributed by atoms with E-state index in [-0.39, 0.29) is 5.91 Å². The van der Waals surface area contributed by atoms with Crippen LogP contribution in [0.4, 0.5) is 5.69 Å². The summed E-state index contributed by atoms with van der Waals surface area (Å²) in [5.74, 6) is 0.308. The predicted octanol–water partition coefficient (Wildman–Crippen LogP) is 7.14. The van der Waals surface area contributed by atoms with Gasteiger partial charge in [0.05, 0.1) is 28.6 Å². The lowest BCUT2D eigenvalue weighted by Crippen LogP contribution is -2.14. The molecule has 0 aliphatic rings. The highest BCUT2D eigenvalue weighted by molar-refractivity contribution is 9.10. The fraction of sp³-hybridized carbons (Fsp3) is 0.0400. The second-order valence-corrected chi connectivity index (χ2v) is 8.98. The van der Waals surface area contributed by atoms with Crippen molar-refractivity contribution in [2.24, 2.45) is 0 Å². The van der Waals surface area contributed by atoms with Crippen LogP contribution in [0.2, 0.25) is 0 Å². The van der Waals surface area contributed by atoms with Crippen LogP contribution < -0.4 is 10.1 Å². The topological polar surface area (TPSA) is 51.2 Å². The highest BCUT2D eigenvalue weighted by Gasteiger charge is 2.18. The van der Waals surface area contributed by atoms with E-state index in [0.717, 1.165) is 36.0 Å². The summed E-state index contributed by atoms with van der Waals surface area (Å²) >= 11 is 5.14. The highest BCUT2D eigenvalue weighted by atomic mass is 79.9. The molecule has 0 aliphatic carbocycles. The van der Waals surface area contributed by atoms with E-state index in [1.54, 1.807) is 18.4 Å².